The van der Waals surface area contributed by atoms with Crippen LogP contribution in [0.1, 0.15) is 37.3 Å². The highest BCUT2D eigenvalue weighted by Crippen LogP contribution is 2.31. The van der Waals surface area contributed by atoms with Gasteiger partial charge in [-0.15, -0.1) is 0 Å². The number of carbonyl (C=O) groups is 1. The van der Waals surface area contributed by atoms with Crippen LogP contribution in [-0.2, 0) is 27.7 Å². The monoisotopic (exact) mass is 637 g/mol. The van der Waals surface area contributed by atoms with E-state index in [9.17, 15) is 18.3 Å². The van der Waals surface area contributed by atoms with E-state index in [0.29, 0.717) is 5.69 Å². The van der Waals surface area contributed by atoms with E-state index in [0.717, 1.165) is 51.0 Å². The first kappa shape index (κ1) is 32.7. The molecule has 0 amide bonds. The average Bonchev–Trinajstić information content (AvgIpc) is 3.53. The van der Waals surface area contributed by atoms with Gasteiger partial charge in [0, 0.05) is 18.2 Å². The van der Waals surface area contributed by atoms with Gasteiger partial charge in [0.15, 0.2) is 0 Å². The van der Waals surface area contributed by atoms with Gasteiger partial charge in [-0.2, -0.15) is 9.40 Å². The molecule has 0 spiro atoms. The fourth-order valence-electron chi connectivity index (χ4n) is 5.41. The predicted octanol–water partition coefficient (Wildman–Crippen LogP) is 7.26. The summed E-state index contributed by atoms with van der Waals surface area (Å²) in [6, 6.07) is 32.3. The van der Waals surface area contributed by atoms with Crippen molar-refractivity contribution in [2.24, 2.45) is 0 Å². The van der Waals surface area contributed by atoms with Gasteiger partial charge in [0.2, 0.25) is 10.0 Å². The minimum absolute atomic E-state index is 0.00132. The highest BCUT2D eigenvalue weighted by atomic mass is 32.2. The number of carboxylic acid groups (broad SMARTS) is 1. The first-order chi connectivity index (χ1) is 22.2. The summed E-state index contributed by atoms with van der Waals surface area (Å²) in [5.41, 5.74) is 6.19. The Labute approximate surface area is 271 Å². The number of aliphatic carboxylic acids is 1. The molecule has 0 radical (unpaired) electrons. The molecular formula is C37H39N3O5S. The number of aromatic nitrogens is 2. The van der Waals surface area contributed by atoms with Crippen molar-refractivity contribution in [3.05, 3.63) is 120 Å². The number of ether oxygens (including phenoxy) is 1. The van der Waals surface area contributed by atoms with Crippen molar-refractivity contribution in [1.82, 2.24) is 14.1 Å². The molecule has 4 aromatic carbocycles. The molecule has 238 valence electrons. The van der Waals surface area contributed by atoms with Gasteiger partial charge < -0.3 is 9.84 Å². The molecule has 8 nitrogen and oxygen atoms in total. The third-order valence-corrected chi connectivity index (χ3v) is 10.0. The molecule has 0 aliphatic heterocycles. The van der Waals surface area contributed by atoms with E-state index in [4.69, 9.17) is 9.84 Å². The lowest BCUT2D eigenvalue weighted by atomic mass is 10.0. The molecule has 5 rings (SSSR count). The minimum Gasteiger partial charge on any atom is -0.497 e. The highest BCUT2D eigenvalue weighted by molar-refractivity contribution is 7.89. The van der Waals surface area contributed by atoms with Crippen molar-refractivity contribution in [2.45, 2.75) is 50.0 Å². The van der Waals surface area contributed by atoms with Gasteiger partial charge in [-0.3, -0.25) is 4.79 Å². The highest BCUT2D eigenvalue weighted by Gasteiger charge is 2.33. The van der Waals surface area contributed by atoms with Gasteiger partial charge in [0.1, 0.15) is 11.8 Å². The molecule has 0 bridgehead atoms. The summed E-state index contributed by atoms with van der Waals surface area (Å²) in [5, 5.41) is 14.8. The number of rotatable bonds is 14. The number of sulfonamides is 1. The number of aryl methyl sites for hydroxylation is 1. The van der Waals surface area contributed by atoms with Gasteiger partial charge in [0.05, 0.1) is 29.1 Å². The molecule has 9 heteroatoms. The first-order valence-corrected chi connectivity index (χ1v) is 16.8. The molecule has 0 aliphatic carbocycles. The summed E-state index contributed by atoms with van der Waals surface area (Å²) in [6.07, 6.45) is 4.61. The molecule has 1 unspecified atom stereocenters. The molecule has 0 saturated heterocycles. The Morgan fingerprint density at radius 3 is 2.13 bits per heavy atom. The van der Waals surface area contributed by atoms with Crippen LogP contribution in [0.15, 0.2) is 114 Å². The maximum absolute atomic E-state index is 13.6. The zero-order valence-electron chi connectivity index (χ0n) is 26.3. The van der Waals surface area contributed by atoms with Crippen molar-refractivity contribution in [2.75, 3.05) is 14.2 Å². The lowest BCUT2D eigenvalue weighted by Gasteiger charge is -2.24. The predicted molar refractivity (Wildman–Crippen MR) is 181 cm³/mol. The third-order valence-electron chi connectivity index (χ3n) is 8.17. The second kappa shape index (κ2) is 14.6. The molecule has 46 heavy (non-hydrogen) atoms. The summed E-state index contributed by atoms with van der Waals surface area (Å²) in [4.78, 5) is 12.2. The summed E-state index contributed by atoms with van der Waals surface area (Å²) < 4.78 is 35.3. The topological polar surface area (TPSA) is 102 Å². The standard InChI is InChI=1S/C37H39N3O5S/c1-4-5-7-10-27-13-15-30(16-14-27)35-26-34(29-17-21-32(45-3)22-18-29)38-40(35)31-19-23-33(24-20-31)46(43,44)39(2)36(37(41)42)25-28-11-8-6-9-12-28/h6,8-9,11-24,26,36H,4-5,7,10,25H2,1-3H3,(H,41,42). The Balaban J connectivity index is 1.47. The molecular weight excluding hydrogens is 598 g/mol. The quantitative estimate of drug-likeness (QED) is 0.129. The summed E-state index contributed by atoms with van der Waals surface area (Å²) in [5.74, 6) is -0.465. The number of nitrogens with zero attached hydrogens (tertiary/aromatic N) is 3. The van der Waals surface area contributed by atoms with Gasteiger partial charge >= 0.3 is 5.97 Å². The van der Waals surface area contributed by atoms with E-state index in [2.05, 4.69) is 31.2 Å². The summed E-state index contributed by atoms with van der Waals surface area (Å²) in [7, 11) is -1.18. The molecule has 0 saturated carbocycles. The molecule has 1 atom stereocenters. The van der Waals surface area contributed by atoms with E-state index in [-0.39, 0.29) is 11.3 Å². The van der Waals surface area contributed by atoms with Crippen LogP contribution >= 0.6 is 0 Å². The number of methoxy groups -OCH3 is 1. The second-order valence-corrected chi connectivity index (χ2v) is 13.3. The number of hydrogen-bond donors (Lipinski definition) is 1. The normalized spacial score (nSPS) is 12.3. The number of unbranched alkanes of at least 4 members (excludes halogenated alkanes) is 2. The molecule has 5 aromatic rings. The molecule has 0 aliphatic rings. The maximum atomic E-state index is 13.6. The molecule has 1 aromatic heterocycles. The maximum Gasteiger partial charge on any atom is 0.322 e. The van der Waals surface area contributed by atoms with Crippen molar-refractivity contribution in [3.63, 3.8) is 0 Å². The van der Waals surface area contributed by atoms with Crippen LogP contribution in [0.25, 0.3) is 28.2 Å². The SMILES string of the molecule is CCCCCc1ccc(-c2cc(-c3ccc(OC)cc3)nn2-c2ccc(S(=O)(=O)N(C)C(Cc3ccccc3)C(=O)O)cc2)cc1. The lowest BCUT2D eigenvalue weighted by molar-refractivity contribution is -0.141. The van der Waals surface area contributed by atoms with E-state index in [1.807, 2.05) is 36.4 Å². The van der Waals surface area contributed by atoms with Crippen LogP contribution in [0.4, 0.5) is 0 Å². The van der Waals surface area contributed by atoms with E-state index < -0.39 is 22.0 Å². The van der Waals surface area contributed by atoms with E-state index in [1.54, 1.807) is 48.2 Å². The van der Waals surface area contributed by atoms with Crippen molar-refractivity contribution >= 4 is 16.0 Å². The van der Waals surface area contributed by atoms with Crippen LogP contribution in [-0.4, -0.2) is 53.8 Å². The van der Waals surface area contributed by atoms with E-state index in [1.165, 1.54) is 37.6 Å². The van der Waals surface area contributed by atoms with Crippen molar-refractivity contribution in [3.8, 4) is 34.0 Å². The summed E-state index contributed by atoms with van der Waals surface area (Å²) in [6.45, 7) is 2.20. The van der Waals surface area contributed by atoms with Crippen molar-refractivity contribution in [1.29, 1.82) is 0 Å². The Morgan fingerprint density at radius 2 is 1.52 bits per heavy atom. The van der Waals surface area contributed by atoms with Crippen LogP contribution < -0.4 is 4.74 Å². The van der Waals surface area contributed by atoms with Crippen LogP contribution in [0.5, 0.6) is 5.75 Å². The van der Waals surface area contributed by atoms with Crippen molar-refractivity contribution < 1.29 is 23.1 Å². The molecule has 0 fully saturated rings. The number of likely N-dealkylation sites (N-methyl/N-ethyl adjacent to an activating group) is 1. The fraction of sp³-hybridized carbons (Fsp3) is 0.243. The number of carboxylic acids is 1. The largest absolute Gasteiger partial charge is 0.497 e. The van der Waals surface area contributed by atoms with Crippen LogP contribution in [0, 0.1) is 0 Å². The first-order valence-electron chi connectivity index (χ1n) is 15.4. The van der Waals surface area contributed by atoms with Crippen LogP contribution in [0.2, 0.25) is 0 Å². The molecule has 1 heterocycles. The summed E-state index contributed by atoms with van der Waals surface area (Å²) >= 11 is 0. The number of hydrogen-bond acceptors (Lipinski definition) is 5. The Morgan fingerprint density at radius 1 is 0.870 bits per heavy atom. The Hall–Kier alpha value is -4.73. The van der Waals surface area contributed by atoms with Gasteiger partial charge in [-0.05, 0) is 85.0 Å². The van der Waals surface area contributed by atoms with Gasteiger partial charge in [0.25, 0.3) is 0 Å². The number of benzene rings is 4. The zero-order chi connectivity index (χ0) is 32.7. The van der Waals surface area contributed by atoms with E-state index >= 15 is 0 Å². The molecule has 1 N–H and O–H groups in total. The second-order valence-electron chi connectivity index (χ2n) is 11.3. The Bertz CT molecular complexity index is 1850. The van der Waals surface area contributed by atoms with Gasteiger partial charge in [-0.25, -0.2) is 13.1 Å². The smallest absolute Gasteiger partial charge is 0.322 e. The average molecular weight is 638 g/mol. The lowest BCUT2D eigenvalue weighted by Crippen LogP contribution is -2.43. The third kappa shape index (κ3) is 7.38. The fourth-order valence-corrected chi connectivity index (χ4v) is 6.72. The Kier molecular flexibility index (Phi) is 10.3. The minimum atomic E-state index is -4.11. The zero-order valence-corrected chi connectivity index (χ0v) is 27.2. The van der Waals surface area contributed by atoms with Crippen LogP contribution in [0.3, 0.4) is 0 Å². The van der Waals surface area contributed by atoms with Gasteiger partial charge in [-0.1, -0.05) is 74.4 Å².